The van der Waals surface area contributed by atoms with E-state index in [0.717, 1.165) is 4.48 Å². The second-order valence-corrected chi connectivity index (χ2v) is 5.63. The zero-order chi connectivity index (χ0) is 13.0. The van der Waals surface area contributed by atoms with Crippen molar-refractivity contribution in [2.24, 2.45) is 0 Å². The molecule has 0 aliphatic heterocycles. The minimum absolute atomic E-state index is 1.08. The fraction of sp³-hybridized carbons (Fsp3) is 0.938. The van der Waals surface area contributed by atoms with Gasteiger partial charge in [0.15, 0.2) is 0 Å². The van der Waals surface area contributed by atoms with E-state index in [1.165, 1.54) is 77.4 Å². The van der Waals surface area contributed by atoms with Crippen molar-refractivity contribution in [2.75, 3.05) is 19.6 Å². The molecular weight excluding hydrogens is 206 g/mol. The lowest BCUT2D eigenvalue weighted by atomic mass is 10.1. The van der Waals surface area contributed by atoms with Crippen LogP contribution in [0, 0.1) is 7.05 Å². The van der Waals surface area contributed by atoms with Crippen LogP contribution >= 0.6 is 0 Å². The highest BCUT2D eigenvalue weighted by atomic mass is 15.3. The summed E-state index contributed by atoms with van der Waals surface area (Å²) in [5, 5.41) is 0. The number of hydrogen-bond acceptors (Lipinski definition) is 0. The number of rotatable bonds is 12. The monoisotopic (exact) mass is 241 g/mol. The van der Waals surface area contributed by atoms with Crippen LogP contribution < -0.4 is 0 Å². The Morgan fingerprint density at radius 1 is 0.588 bits per heavy atom. The van der Waals surface area contributed by atoms with Crippen molar-refractivity contribution in [3.8, 4) is 0 Å². The van der Waals surface area contributed by atoms with E-state index in [1.807, 2.05) is 0 Å². The Bertz CT molecular complexity index is 127. The molecule has 0 bridgehead atoms. The van der Waals surface area contributed by atoms with Gasteiger partial charge in [0.05, 0.1) is 19.6 Å². The molecular formula is C16H35N+. The van der Waals surface area contributed by atoms with Gasteiger partial charge < -0.3 is 4.48 Å². The standard InChI is InChI=1S/C16H35N/c1-5-8-11-14-17(4,15-12-9-6-2)16-13-10-7-3/h4-16H2,1-3H3/q+1. The molecule has 0 aromatic carbocycles. The summed E-state index contributed by atoms with van der Waals surface area (Å²) in [4.78, 5) is 0. The lowest BCUT2D eigenvalue weighted by Gasteiger charge is -2.34. The molecule has 0 aliphatic rings. The molecule has 0 spiro atoms. The number of hydrogen-bond donors (Lipinski definition) is 0. The van der Waals surface area contributed by atoms with Crippen LogP contribution in [0.15, 0.2) is 0 Å². The third-order valence-electron chi connectivity index (χ3n) is 3.71. The van der Waals surface area contributed by atoms with E-state index in [4.69, 9.17) is 0 Å². The van der Waals surface area contributed by atoms with Crippen molar-refractivity contribution in [1.29, 1.82) is 0 Å². The zero-order valence-electron chi connectivity index (χ0n) is 12.6. The molecule has 0 amide bonds. The van der Waals surface area contributed by atoms with Crippen LogP contribution in [0.3, 0.4) is 0 Å². The average molecular weight is 241 g/mol. The van der Waals surface area contributed by atoms with E-state index >= 15 is 0 Å². The molecule has 0 saturated carbocycles. The molecule has 1 nitrogen and oxygen atoms in total. The minimum Gasteiger partial charge on any atom is -0.319 e. The van der Waals surface area contributed by atoms with Crippen molar-refractivity contribution in [1.82, 2.24) is 0 Å². The first kappa shape index (κ1) is 17.0. The Balaban J connectivity index is 3.95. The number of unbranched alkanes of at least 4 members (excludes halogenated alkanes) is 6. The van der Waals surface area contributed by atoms with Gasteiger partial charge in [-0.25, -0.2) is 0 Å². The lowest BCUT2D eigenvalue weighted by Crippen LogP contribution is -2.44. The predicted octanol–water partition coefficient (Wildman–Crippen LogP) is 5.17. The van der Waals surface area contributed by atoms with E-state index in [0.29, 0.717) is 0 Å². The highest BCUT2D eigenvalue weighted by molar-refractivity contribution is 4.48. The largest absolute Gasteiger partial charge is 0.319 e. The van der Waals surface area contributed by atoms with Gasteiger partial charge in [-0.1, -0.05) is 40.0 Å². The predicted molar refractivity (Wildman–Crippen MR) is 78.8 cm³/mol. The maximum Gasteiger partial charge on any atom is 0.128 e. The van der Waals surface area contributed by atoms with E-state index in [1.54, 1.807) is 0 Å². The summed E-state index contributed by atoms with van der Waals surface area (Å²) in [7, 11) is 4.52. The fourth-order valence-corrected chi connectivity index (χ4v) is 2.43. The van der Waals surface area contributed by atoms with Crippen LogP contribution in [0.1, 0.15) is 78.6 Å². The summed E-state index contributed by atoms with van der Waals surface area (Å²) in [5.74, 6) is 0. The highest BCUT2D eigenvalue weighted by Crippen LogP contribution is 2.14. The van der Waals surface area contributed by atoms with Gasteiger partial charge in [-0.15, -0.1) is 0 Å². The van der Waals surface area contributed by atoms with Gasteiger partial charge in [0.25, 0.3) is 0 Å². The third kappa shape index (κ3) is 9.64. The Morgan fingerprint density at radius 3 is 1.12 bits per heavy atom. The second-order valence-electron chi connectivity index (χ2n) is 5.63. The Kier molecular flexibility index (Phi) is 11.0. The summed E-state index contributed by atoms with van der Waals surface area (Å²) in [5.41, 5.74) is 0. The van der Waals surface area contributed by atoms with Gasteiger partial charge in [-0.3, -0.25) is 0 Å². The molecule has 0 aliphatic carbocycles. The van der Waals surface area contributed by atoms with Crippen LogP contribution in [0.5, 0.6) is 0 Å². The molecule has 0 atom stereocenters. The Morgan fingerprint density at radius 2 is 0.882 bits per heavy atom. The van der Waals surface area contributed by atoms with Crippen molar-refractivity contribution in [3.05, 3.63) is 7.05 Å². The SMILES string of the molecule is [CH2][N+](CCCCC)(CCCCC)CCCCC. The zero-order valence-corrected chi connectivity index (χ0v) is 12.6. The van der Waals surface area contributed by atoms with Gasteiger partial charge in [-0.2, -0.15) is 0 Å². The van der Waals surface area contributed by atoms with Gasteiger partial charge >= 0.3 is 0 Å². The summed E-state index contributed by atoms with van der Waals surface area (Å²) in [6.07, 6.45) is 12.2. The van der Waals surface area contributed by atoms with Crippen molar-refractivity contribution in [2.45, 2.75) is 78.6 Å². The normalized spacial score (nSPS) is 12.0. The van der Waals surface area contributed by atoms with Gasteiger partial charge in [0.1, 0.15) is 7.05 Å². The minimum atomic E-state index is 1.08. The highest BCUT2D eigenvalue weighted by Gasteiger charge is 2.20. The maximum atomic E-state index is 4.52. The van der Waals surface area contributed by atoms with Gasteiger partial charge in [0.2, 0.25) is 0 Å². The summed E-state index contributed by atoms with van der Waals surface area (Å²) in [6, 6.07) is 0. The third-order valence-corrected chi connectivity index (χ3v) is 3.71. The number of nitrogens with zero attached hydrogens (tertiary/aromatic N) is 1. The quantitative estimate of drug-likeness (QED) is 0.327. The molecule has 0 aromatic rings. The molecule has 0 saturated heterocycles. The molecule has 1 radical (unpaired) electrons. The van der Waals surface area contributed by atoms with Crippen molar-refractivity contribution >= 4 is 0 Å². The van der Waals surface area contributed by atoms with Gasteiger partial charge in [-0.05, 0) is 38.5 Å². The summed E-state index contributed by atoms with van der Waals surface area (Å²) >= 11 is 0. The topological polar surface area (TPSA) is 0 Å². The first-order valence-electron chi connectivity index (χ1n) is 7.89. The maximum absolute atomic E-state index is 4.52. The molecule has 0 rings (SSSR count). The van der Waals surface area contributed by atoms with E-state index in [-0.39, 0.29) is 0 Å². The molecule has 17 heavy (non-hydrogen) atoms. The van der Waals surface area contributed by atoms with Crippen LogP contribution in [0.4, 0.5) is 0 Å². The van der Waals surface area contributed by atoms with Crippen molar-refractivity contribution in [3.63, 3.8) is 0 Å². The van der Waals surface area contributed by atoms with E-state index in [9.17, 15) is 0 Å². The Labute approximate surface area is 110 Å². The summed E-state index contributed by atoms with van der Waals surface area (Å²) in [6.45, 7) is 10.7. The molecule has 0 heterocycles. The van der Waals surface area contributed by atoms with E-state index < -0.39 is 0 Å². The smallest absolute Gasteiger partial charge is 0.128 e. The fourth-order valence-electron chi connectivity index (χ4n) is 2.43. The molecule has 0 N–H and O–H groups in total. The van der Waals surface area contributed by atoms with Crippen LogP contribution in [0.25, 0.3) is 0 Å². The van der Waals surface area contributed by atoms with Crippen LogP contribution in [-0.4, -0.2) is 24.1 Å². The number of quaternary nitrogens is 1. The first-order valence-corrected chi connectivity index (χ1v) is 7.89. The average Bonchev–Trinajstić information content (AvgIpc) is 2.30. The molecule has 0 aromatic heterocycles. The molecule has 1 heteroatoms. The van der Waals surface area contributed by atoms with Gasteiger partial charge in [0, 0.05) is 0 Å². The van der Waals surface area contributed by atoms with Crippen LogP contribution in [0.2, 0.25) is 0 Å². The summed E-state index contributed by atoms with van der Waals surface area (Å²) < 4.78 is 1.08. The van der Waals surface area contributed by atoms with Crippen LogP contribution in [-0.2, 0) is 0 Å². The van der Waals surface area contributed by atoms with Crippen molar-refractivity contribution < 1.29 is 4.48 Å². The molecule has 0 fully saturated rings. The first-order chi connectivity index (χ1) is 8.18. The molecule has 0 unspecified atom stereocenters. The molecule has 103 valence electrons. The lowest BCUT2D eigenvalue weighted by molar-refractivity contribution is -0.886. The Hall–Kier alpha value is -0.0400. The van der Waals surface area contributed by atoms with E-state index in [2.05, 4.69) is 27.8 Å². The second kappa shape index (κ2) is 11.1.